The van der Waals surface area contributed by atoms with Gasteiger partial charge in [-0.2, -0.15) is 0 Å². The van der Waals surface area contributed by atoms with Crippen LogP contribution in [-0.2, 0) is 11.4 Å². The molecule has 38 heavy (non-hydrogen) atoms. The van der Waals surface area contributed by atoms with Gasteiger partial charge in [0.1, 0.15) is 6.61 Å². The maximum Gasteiger partial charge on any atom is 0.293 e. The van der Waals surface area contributed by atoms with E-state index in [0.717, 1.165) is 10.5 Å². The van der Waals surface area contributed by atoms with Crippen molar-refractivity contribution in [3.8, 4) is 11.5 Å². The molecule has 0 radical (unpaired) electrons. The number of nitrogens with zero attached hydrogens (tertiary/aromatic N) is 2. The zero-order chi connectivity index (χ0) is 27.4. The van der Waals surface area contributed by atoms with Gasteiger partial charge in [-0.3, -0.25) is 29.4 Å². The Hall–Kier alpha value is -3.67. The largest absolute Gasteiger partial charge is 0.493 e. The molecule has 194 valence electrons. The first kappa shape index (κ1) is 27.4. The summed E-state index contributed by atoms with van der Waals surface area (Å²) in [7, 11) is 1.48. The van der Waals surface area contributed by atoms with Gasteiger partial charge >= 0.3 is 0 Å². The van der Waals surface area contributed by atoms with Crippen LogP contribution in [0.3, 0.4) is 0 Å². The number of non-ortho nitro benzene ring substituents is 1. The van der Waals surface area contributed by atoms with Gasteiger partial charge in [0, 0.05) is 22.7 Å². The molecule has 3 aromatic carbocycles. The van der Waals surface area contributed by atoms with Crippen molar-refractivity contribution in [3.05, 3.63) is 102 Å². The van der Waals surface area contributed by atoms with E-state index in [2.05, 4.69) is 15.9 Å². The van der Waals surface area contributed by atoms with Gasteiger partial charge in [-0.15, -0.1) is 0 Å². The fraction of sp³-hybridized carbons (Fsp3) is 0.115. The fourth-order valence-corrected chi connectivity index (χ4v) is 5.03. The van der Waals surface area contributed by atoms with Crippen LogP contribution in [0.2, 0.25) is 5.02 Å². The van der Waals surface area contributed by atoms with Crippen LogP contribution in [0.25, 0.3) is 6.08 Å². The molecule has 0 aliphatic carbocycles. The number of Topliss-reactive ketones (excluding diaryl/α,β-unsaturated/α-hetero) is 1. The number of methoxy groups -OCH3 is 1. The first-order valence-electron chi connectivity index (χ1n) is 10.9. The average molecular weight is 618 g/mol. The van der Waals surface area contributed by atoms with Crippen LogP contribution in [0.4, 0.5) is 10.5 Å². The van der Waals surface area contributed by atoms with Gasteiger partial charge in [0.25, 0.3) is 16.8 Å². The molecule has 3 aromatic rings. The third-order valence-corrected chi connectivity index (χ3v) is 7.17. The SMILES string of the molecule is COc1cc(/C=C2/SC(=O)N(CC(=O)c3ccc([N+](=O)[O-])cc3)C2=O)cc(Br)c1OCc1ccc(Cl)cc1. The molecule has 0 atom stereocenters. The van der Waals surface area contributed by atoms with E-state index in [-0.39, 0.29) is 22.8 Å². The van der Waals surface area contributed by atoms with Gasteiger partial charge in [0.2, 0.25) is 0 Å². The molecule has 0 bridgehead atoms. The molecule has 1 aliphatic rings. The lowest BCUT2D eigenvalue weighted by Gasteiger charge is -2.14. The highest BCUT2D eigenvalue weighted by Gasteiger charge is 2.36. The summed E-state index contributed by atoms with van der Waals surface area (Å²) in [5.41, 5.74) is 1.46. The number of benzene rings is 3. The summed E-state index contributed by atoms with van der Waals surface area (Å²) in [5.74, 6) is -0.267. The lowest BCUT2D eigenvalue weighted by molar-refractivity contribution is -0.384. The van der Waals surface area contributed by atoms with Crippen molar-refractivity contribution in [1.82, 2.24) is 4.90 Å². The number of ketones is 1. The second-order valence-electron chi connectivity index (χ2n) is 7.94. The summed E-state index contributed by atoms with van der Waals surface area (Å²) < 4.78 is 12.0. The number of hydrogen-bond donors (Lipinski definition) is 0. The zero-order valence-corrected chi connectivity index (χ0v) is 22.8. The molecule has 2 amide bonds. The van der Waals surface area contributed by atoms with E-state index in [1.807, 2.05) is 12.1 Å². The summed E-state index contributed by atoms with van der Waals surface area (Å²) in [5, 5.41) is 10.8. The smallest absolute Gasteiger partial charge is 0.293 e. The van der Waals surface area contributed by atoms with Crippen molar-refractivity contribution < 1.29 is 28.8 Å². The van der Waals surface area contributed by atoms with Gasteiger partial charge in [0.15, 0.2) is 17.3 Å². The van der Waals surface area contributed by atoms with Crippen molar-refractivity contribution in [2.75, 3.05) is 13.7 Å². The molecule has 0 saturated carbocycles. The first-order chi connectivity index (χ1) is 18.2. The van der Waals surface area contributed by atoms with Gasteiger partial charge in [-0.25, -0.2) is 0 Å². The molecule has 1 saturated heterocycles. The molecule has 12 heteroatoms. The molecule has 1 heterocycles. The normalized spacial score (nSPS) is 14.2. The van der Waals surface area contributed by atoms with Crippen molar-refractivity contribution in [2.45, 2.75) is 6.61 Å². The number of halogens is 2. The van der Waals surface area contributed by atoms with Gasteiger partial charge in [-0.05, 0) is 81.3 Å². The van der Waals surface area contributed by atoms with Crippen molar-refractivity contribution in [1.29, 1.82) is 0 Å². The summed E-state index contributed by atoms with van der Waals surface area (Å²) in [6.07, 6.45) is 1.53. The van der Waals surface area contributed by atoms with Crippen molar-refractivity contribution in [3.63, 3.8) is 0 Å². The number of hydrogen-bond acceptors (Lipinski definition) is 8. The summed E-state index contributed by atoms with van der Waals surface area (Å²) >= 11 is 10.1. The standard InChI is InChI=1S/C26H18BrClN2O7S/c1-36-22-11-16(10-20(27)24(22)37-14-15-2-6-18(28)7-3-15)12-23-25(32)29(26(33)38-23)13-21(31)17-4-8-19(9-5-17)30(34)35/h2-12H,13-14H2,1H3/b23-12+. The Kier molecular flexibility index (Phi) is 8.50. The number of ether oxygens (including phenoxy) is 2. The van der Waals surface area contributed by atoms with Gasteiger partial charge in [-0.1, -0.05) is 23.7 Å². The number of thioether (sulfide) groups is 1. The number of amides is 2. The number of rotatable bonds is 9. The van der Waals surface area contributed by atoms with E-state index in [0.29, 0.717) is 38.3 Å². The highest BCUT2D eigenvalue weighted by Crippen LogP contribution is 2.39. The topological polar surface area (TPSA) is 116 Å². The second kappa shape index (κ2) is 11.8. The minimum Gasteiger partial charge on any atom is -0.493 e. The first-order valence-corrected chi connectivity index (χ1v) is 12.9. The van der Waals surface area contributed by atoms with Crippen LogP contribution in [0.5, 0.6) is 11.5 Å². The summed E-state index contributed by atoms with van der Waals surface area (Å²) in [6, 6.07) is 15.6. The Morgan fingerprint density at radius 3 is 2.45 bits per heavy atom. The van der Waals surface area contributed by atoms with E-state index >= 15 is 0 Å². The molecule has 9 nitrogen and oxygen atoms in total. The number of nitro benzene ring substituents is 1. The van der Waals surface area contributed by atoms with Crippen LogP contribution in [0, 0.1) is 10.1 Å². The Balaban J connectivity index is 1.49. The van der Waals surface area contributed by atoms with Gasteiger partial charge < -0.3 is 9.47 Å². The summed E-state index contributed by atoms with van der Waals surface area (Å²) in [4.78, 5) is 49.2. The second-order valence-corrected chi connectivity index (χ2v) is 10.2. The summed E-state index contributed by atoms with van der Waals surface area (Å²) in [6.45, 7) is -0.211. The number of carbonyl (C=O) groups is 3. The Morgan fingerprint density at radius 2 is 1.82 bits per heavy atom. The van der Waals surface area contributed by atoms with E-state index in [1.165, 1.54) is 37.5 Å². The van der Waals surface area contributed by atoms with Crippen LogP contribution in [0.1, 0.15) is 21.5 Å². The maximum atomic E-state index is 12.9. The van der Waals surface area contributed by atoms with Crippen molar-refractivity contribution in [2.24, 2.45) is 0 Å². The third-order valence-electron chi connectivity index (χ3n) is 5.42. The molecule has 0 aromatic heterocycles. The lowest BCUT2D eigenvalue weighted by Crippen LogP contribution is -2.33. The fourth-order valence-electron chi connectivity index (χ4n) is 3.49. The lowest BCUT2D eigenvalue weighted by atomic mass is 10.1. The van der Waals surface area contributed by atoms with E-state index in [4.69, 9.17) is 21.1 Å². The van der Waals surface area contributed by atoms with E-state index < -0.39 is 28.4 Å². The van der Waals surface area contributed by atoms with E-state index in [1.54, 1.807) is 24.3 Å². The molecule has 0 spiro atoms. The molecule has 0 N–H and O–H groups in total. The predicted molar refractivity (Wildman–Crippen MR) is 147 cm³/mol. The van der Waals surface area contributed by atoms with E-state index in [9.17, 15) is 24.5 Å². The molecule has 1 fully saturated rings. The quantitative estimate of drug-likeness (QED) is 0.115. The number of nitro groups is 1. The molecular weight excluding hydrogens is 600 g/mol. The van der Waals surface area contributed by atoms with Crippen LogP contribution >= 0.6 is 39.3 Å². The molecule has 1 aliphatic heterocycles. The highest BCUT2D eigenvalue weighted by atomic mass is 79.9. The van der Waals surface area contributed by atoms with Gasteiger partial charge in [0.05, 0.1) is 28.0 Å². The highest BCUT2D eigenvalue weighted by molar-refractivity contribution is 9.10. The molecule has 0 unspecified atom stereocenters. The Morgan fingerprint density at radius 1 is 1.13 bits per heavy atom. The number of carbonyl (C=O) groups excluding carboxylic acids is 3. The minimum atomic E-state index is -0.617. The Labute approximate surface area is 234 Å². The van der Waals surface area contributed by atoms with Crippen LogP contribution < -0.4 is 9.47 Å². The number of imide groups is 1. The molecular formula is C26H18BrClN2O7S. The third kappa shape index (κ3) is 6.24. The Bertz CT molecular complexity index is 1460. The maximum absolute atomic E-state index is 12.9. The minimum absolute atomic E-state index is 0.135. The van der Waals surface area contributed by atoms with Crippen LogP contribution in [-0.4, -0.2) is 40.4 Å². The average Bonchev–Trinajstić information content (AvgIpc) is 3.15. The predicted octanol–water partition coefficient (Wildman–Crippen LogP) is 6.52. The van der Waals surface area contributed by atoms with Crippen LogP contribution in [0.15, 0.2) is 70.0 Å². The monoisotopic (exact) mass is 616 g/mol. The zero-order valence-electron chi connectivity index (χ0n) is 19.7. The van der Waals surface area contributed by atoms with Crippen molar-refractivity contribution >= 4 is 68.0 Å². The molecule has 4 rings (SSSR count).